The van der Waals surface area contributed by atoms with Crippen LogP contribution in [0.15, 0.2) is 30.9 Å². The van der Waals surface area contributed by atoms with Gasteiger partial charge in [-0.05, 0) is 37.0 Å². The number of benzene rings is 1. The van der Waals surface area contributed by atoms with E-state index < -0.39 is 0 Å². The molecule has 0 saturated carbocycles. The molecule has 0 bridgehead atoms. The van der Waals surface area contributed by atoms with Crippen LogP contribution in [0, 0.1) is 18.7 Å². The van der Waals surface area contributed by atoms with Gasteiger partial charge in [-0.3, -0.25) is 9.59 Å². The molecule has 0 unspecified atom stereocenters. The molecule has 0 aromatic heterocycles. The standard InChI is InChI=1S/C19H25FN2O2S/c1-3-10-25-13-18(23)22-8-6-16(7-9-22)19(24)21-12-15-5-4-14(2)17(20)11-15/h3-5,11,16H,1,6-10,12-13H2,2H3,(H,21,24). The summed E-state index contributed by atoms with van der Waals surface area (Å²) >= 11 is 1.55. The molecule has 0 atom stereocenters. The minimum Gasteiger partial charge on any atom is -0.352 e. The van der Waals surface area contributed by atoms with Crippen molar-refractivity contribution in [3.63, 3.8) is 0 Å². The Hall–Kier alpha value is -1.82. The normalized spacial score (nSPS) is 15.0. The molecule has 1 aromatic rings. The number of nitrogens with zero attached hydrogens (tertiary/aromatic N) is 1. The number of amides is 2. The Morgan fingerprint density at radius 1 is 1.40 bits per heavy atom. The minimum atomic E-state index is -0.257. The van der Waals surface area contributed by atoms with E-state index >= 15 is 0 Å². The number of halogens is 1. The number of likely N-dealkylation sites (tertiary alicyclic amines) is 1. The van der Waals surface area contributed by atoms with Crippen LogP contribution in [0.1, 0.15) is 24.0 Å². The third-order valence-electron chi connectivity index (χ3n) is 4.38. The summed E-state index contributed by atoms with van der Waals surface area (Å²) in [6.45, 7) is 6.91. The zero-order chi connectivity index (χ0) is 18.2. The molecule has 136 valence electrons. The van der Waals surface area contributed by atoms with Gasteiger partial charge in [0.05, 0.1) is 5.75 Å². The second kappa shape index (κ2) is 9.61. The third kappa shape index (κ3) is 5.88. The van der Waals surface area contributed by atoms with Crippen molar-refractivity contribution in [3.05, 3.63) is 47.8 Å². The highest BCUT2D eigenvalue weighted by molar-refractivity contribution is 8.00. The number of aryl methyl sites for hydroxylation is 1. The van der Waals surface area contributed by atoms with Crippen molar-refractivity contribution in [3.8, 4) is 0 Å². The van der Waals surface area contributed by atoms with Crippen LogP contribution in [0.5, 0.6) is 0 Å². The molecular weight excluding hydrogens is 339 g/mol. The van der Waals surface area contributed by atoms with Crippen LogP contribution >= 0.6 is 11.8 Å². The Kier molecular flexibility index (Phi) is 7.50. The lowest BCUT2D eigenvalue weighted by Crippen LogP contribution is -2.43. The second-order valence-corrected chi connectivity index (χ2v) is 7.29. The first kappa shape index (κ1) is 19.5. The number of piperidine rings is 1. The highest BCUT2D eigenvalue weighted by Gasteiger charge is 2.26. The van der Waals surface area contributed by atoms with Crippen LogP contribution in [-0.2, 0) is 16.1 Å². The average Bonchev–Trinajstić information content (AvgIpc) is 2.62. The molecule has 0 spiro atoms. The van der Waals surface area contributed by atoms with E-state index in [1.165, 1.54) is 6.07 Å². The smallest absolute Gasteiger partial charge is 0.232 e. The molecule has 1 aliphatic rings. The van der Waals surface area contributed by atoms with E-state index in [2.05, 4.69) is 11.9 Å². The summed E-state index contributed by atoms with van der Waals surface area (Å²) in [5.41, 5.74) is 1.35. The van der Waals surface area contributed by atoms with E-state index in [-0.39, 0.29) is 23.5 Å². The van der Waals surface area contributed by atoms with Crippen LogP contribution in [-0.4, -0.2) is 41.3 Å². The Morgan fingerprint density at radius 2 is 2.12 bits per heavy atom. The van der Waals surface area contributed by atoms with Crippen LogP contribution in [0.25, 0.3) is 0 Å². The first-order valence-corrected chi connectivity index (χ1v) is 9.66. The van der Waals surface area contributed by atoms with Crippen molar-refractivity contribution < 1.29 is 14.0 Å². The van der Waals surface area contributed by atoms with Crippen LogP contribution in [0.2, 0.25) is 0 Å². The van der Waals surface area contributed by atoms with Gasteiger partial charge < -0.3 is 10.2 Å². The molecule has 2 rings (SSSR count). The molecule has 1 aliphatic heterocycles. The molecule has 1 heterocycles. The second-order valence-electron chi connectivity index (χ2n) is 6.26. The molecule has 0 radical (unpaired) electrons. The lowest BCUT2D eigenvalue weighted by Gasteiger charge is -2.31. The van der Waals surface area contributed by atoms with Gasteiger partial charge in [0.25, 0.3) is 0 Å². The number of carbonyl (C=O) groups excluding carboxylic acids is 2. The van der Waals surface area contributed by atoms with Crippen molar-refractivity contribution >= 4 is 23.6 Å². The molecule has 1 N–H and O–H groups in total. The van der Waals surface area contributed by atoms with Gasteiger partial charge in [-0.15, -0.1) is 18.3 Å². The Bertz CT molecular complexity index is 628. The number of carbonyl (C=O) groups is 2. The van der Waals surface area contributed by atoms with Gasteiger partial charge >= 0.3 is 0 Å². The molecule has 2 amide bonds. The topological polar surface area (TPSA) is 49.4 Å². The maximum Gasteiger partial charge on any atom is 0.232 e. The van der Waals surface area contributed by atoms with Crippen molar-refractivity contribution in [1.29, 1.82) is 0 Å². The zero-order valence-corrected chi connectivity index (χ0v) is 15.4. The number of hydrogen-bond donors (Lipinski definition) is 1. The van der Waals surface area contributed by atoms with Crippen LogP contribution < -0.4 is 5.32 Å². The Labute approximate surface area is 152 Å². The monoisotopic (exact) mass is 364 g/mol. The molecule has 4 nitrogen and oxygen atoms in total. The van der Waals surface area contributed by atoms with Crippen molar-refractivity contribution in [2.45, 2.75) is 26.3 Å². The highest BCUT2D eigenvalue weighted by Crippen LogP contribution is 2.19. The summed E-state index contributed by atoms with van der Waals surface area (Å²) in [7, 11) is 0. The summed E-state index contributed by atoms with van der Waals surface area (Å²) in [6.07, 6.45) is 3.13. The number of nitrogens with one attached hydrogen (secondary N) is 1. The van der Waals surface area contributed by atoms with E-state index in [4.69, 9.17) is 0 Å². The zero-order valence-electron chi connectivity index (χ0n) is 14.6. The van der Waals surface area contributed by atoms with Crippen LogP contribution in [0.3, 0.4) is 0 Å². The van der Waals surface area contributed by atoms with E-state index in [1.807, 2.05) is 11.0 Å². The number of rotatable bonds is 7. The highest BCUT2D eigenvalue weighted by atomic mass is 32.2. The van der Waals surface area contributed by atoms with E-state index in [1.54, 1.807) is 30.8 Å². The van der Waals surface area contributed by atoms with Gasteiger partial charge in [-0.2, -0.15) is 0 Å². The van der Waals surface area contributed by atoms with Gasteiger partial charge in [-0.25, -0.2) is 4.39 Å². The molecule has 1 saturated heterocycles. The first-order chi connectivity index (χ1) is 12.0. The Morgan fingerprint density at radius 3 is 2.76 bits per heavy atom. The van der Waals surface area contributed by atoms with Crippen molar-refractivity contribution in [2.24, 2.45) is 5.92 Å². The van der Waals surface area contributed by atoms with Crippen molar-refractivity contribution in [2.75, 3.05) is 24.6 Å². The molecule has 0 aliphatic carbocycles. The molecule has 6 heteroatoms. The Balaban J connectivity index is 1.74. The third-order valence-corrected chi connectivity index (χ3v) is 5.31. The summed E-state index contributed by atoms with van der Waals surface area (Å²) < 4.78 is 13.5. The van der Waals surface area contributed by atoms with E-state index in [0.29, 0.717) is 43.8 Å². The lowest BCUT2D eigenvalue weighted by atomic mass is 9.96. The molecule has 1 fully saturated rings. The molecular formula is C19H25FN2O2S. The summed E-state index contributed by atoms with van der Waals surface area (Å²) in [4.78, 5) is 26.2. The fourth-order valence-electron chi connectivity index (χ4n) is 2.79. The van der Waals surface area contributed by atoms with Gasteiger partial charge in [0.1, 0.15) is 5.82 Å². The van der Waals surface area contributed by atoms with Gasteiger partial charge in [0, 0.05) is 31.3 Å². The number of hydrogen-bond acceptors (Lipinski definition) is 3. The van der Waals surface area contributed by atoms with Gasteiger partial charge in [-0.1, -0.05) is 18.2 Å². The largest absolute Gasteiger partial charge is 0.352 e. The fraction of sp³-hybridized carbons (Fsp3) is 0.474. The van der Waals surface area contributed by atoms with Gasteiger partial charge in [0.15, 0.2) is 0 Å². The molecule has 1 aromatic carbocycles. The fourth-order valence-corrected chi connectivity index (χ4v) is 3.43. The van der Waals surface area contributed by atoms with Crippen molar-refractivity contribution in [1.82, 2.24) is 10.2 Å². The van der Waals surface area contributed by atoms with Gasteiger partial charge in [0.2, 0.25) is 11.8 Å². The van der Waals surface area contributed by atoms with E-state index in [9.17, 15) is 14.0 Å². The maximum absolute atomic E-state index is 13.5. The first-order valence-electron chi connectivity index (χ1n) is 8.50. The summed E-state index contributed by atoms with van der Waals surface area (Å²) in [6, 6.07) is 4.99. The van der Waals surface area contributed by atoms with E-state index in [0.717, 1.165) is 11.3 Å². The van der Waals surface area contributed by atoms with Crippen LogP contribution in [0.4, 0.5) is 4.39 Å². The predicted octanol–water partition coefficient (Wildman–Crippen LogP) is 2.91. The molecule has 25 heavy (non-hydrogen) atoms. The quantitative estimate of drug-likeness (QED) is 0.598. The average molecular weight is 364 g/mol. The summed E-state index contributed by atoms with van der Waals surface area (Å²) in [5.74, 6) is 0.995. The summed E-state index contributed by atoms with van der Waals surface area (Å²) in [5, 5.41) is 2.88. The maximum atomic E-state index is 13.5. The SMILES string of the molecule is C=CCSCC(=O)N1CCC(C(=O)NCc2ccc(C)c(F)c2)CC1. The number of thioether (sulfide) groups is 1. The lowest BCUT2D eigenvalue weighted by molar-refractivity contribution is -0.133. The predicted molar refractivity (Wildman–Crippen MR) is 99.8 cm³/mol. The minimum absolute atomic E-state index is 0.0193.